The van der Waals surface area contributed by atoms with Crippen LogP contribution < -0.4 is 4.90 Å². The fraction of sp³-hybridized carbons (Fsp3) is 0. The number of hydrogen-bond donors (Lipinski definition) is 0. The molecule has 4 nitrogen and oxygen atoms in total. The highest BCUT2D eigenvalue weighted by atomic mass is 16.3. The van der Waals surface area contributed by atoms with Gasteiger partial charge in [0.05, 0.1) is 5.69 Å². The van der Waals surface area contributed by atoms with Gasteiger partial charge in [-0.15, -0.1) is 0 Å². The lowest BCUT2D eigenvalue weighted by Crippen LogP contribution is -2.10. The number of para-hydroxylation sites is 2. The van der Waals surface area contributed by atoms with E-state index in [1.54, 1.807) is 0 Å². The summed E-state index contributed by atoms with van der Waals surface area (Å²) in [6.45, 7) is 0. The highest BCUT2D eigenvalue weighted by Gasteiger charge is 2.22. The Labute approximate surface area is 259 Å². The van der Waals surface area contributed by atoms with Gasteiger partial charge in [0, 0.05) is 33.1 Å². The van der Waals surface area contributed by atoms with E-state index in [9.17, 15) is 0 Å². The molecular formula is C41H26N2O2. The van der Waals surface area contributed by atoms with Gasteiger partial charge in [-0.1, -0.05) is 109 Å². The molecule has 2 aromatic heterocycles. The van der Waals surface area contributed by atoms with Crippen LogP contribution in [0.25, 0.3) is 66.4 Å². The number of rotatable bonds is 5. The maximum atomic E-state index is 6.72. The molecule has 0 radical (unpaired) electrons. The van der Waals surface area contributed by atoms with Crippen molar-refractivity contribution in [3.8, 4) is 22.6 Å². The molecule has 0 aliphatic carbocycles. The summed E-state index contributed by atoms with van der Waals surface area (Å²) in [4.78, 5) is 7.29. The molecule has 212 valence electrons. The summed E-state index contributed by atoms with van der Waals surface area (Å²) in [7, 11) is 0. The first kappa shape index (κ1) is 25.4. The summed E-state index contributed by atoms with van der Waals surface area (Å²) < 4.78 is 13.1. The molecule has 0 unspecified atom stereocenters. The normalized spacial score (nSPS) is 11.6. The lowest BCUT2D eigenvalue weighted by atomic mass is 10.0. The van der Waals surface area contributed by atoms with Gasteiger partial charge in [-0.3, -0.25) is 0 Å². The molecule has 2 heterocycles. The third kappa shape index (κ3) is 4.19. The molecule has 0 N–H and O–H groups in total. The molecule has 0 saturated carbocycles. The van der Waals surface area contributed by atoms with E-state index < -0.39 is 0 Å². The molecule has 9 rings (SSSR count). The molecule has 0 fully saturated rings. The average Bonchev–Trinajstić information content (AvgIpc) is 3.72. The number of oxazole rings is 1. The van der Waals surface area contributed by atoms with Crippen LogP contribution in [0.1, 0.15) is 0 Å². The molecular weight excluding hydrogens is 552 g/mol. The molecule has 45 heavy (non-hydrogen) atoms. The van der Waals surface area contributed by atoms with Crippen LogP contribution in [-0.2, 0) is 0 Å². The fourth-order valence-electron chi connectivity index (χ4n) is 6.42. The van der Waals surface area contributed by atoms with E-state index in [4.69, 9.17) is 13.8 Å². The van der Waals surface area contributed by atoms with E-state index in [1.165, 1.54) is 5.56 Å². The number of nitrogens with zero attached hydrogens (tertiary/aromatic N) is 2. The molecule has 0 aliphatic rings. The van der Waals surface area contributed by atoms with Gasteiger partial charge >= 0.3 is 0 Å². The second kappa shape index (κ2) is 10.2. The van der Waals surface area contributed by atoms with E-state index in [0.717, 1.165) is 72.0 Å². The van der Waals surface area contributed by atoms with E-state index in [2.05, 4.69) is 120 Å². The third-order valence-electron chi connectivity index (χ3n) is 8.48. The van der Waals surface area contributed by atoms with Crippen LogP contribution in [0, 0.1) is 0 Å². The molecule has 0 bridgehead atoms. The number of hydrogen-bond acceptors (Lipinski definition) is 4. The minimum Gasteiger partial charge on any atom is -0.454 e. The van der Waals surface area contributed by atoms with Crippen LogP contribution in [0.4, 0.5) is 17.1 Å². The van der Waals surface area contributed by atoms with Crippen molar-refractivity contribution in [1.82, 2.24) is 4.98 Å². The SMILES string of the molecule is c1ccc(-c2cccc(N(c3ccccc3)c3cccc4c3oc3cccc(-c5nc6c(ccc7ccccc76)o5)c34)c2)cc1. The van der Waals surface area contributed by atoms with Gasteiger partial charge in [-0.2, -0.15) is 0 Å². The quantitative estimate of drug-likeness (QED) is 0.204. The highest BCUT2D eigenvalue weighted by molar-refractivity contribution is 6.15. The van der Waals surface area contributed by atoms with Crippen LogP contribution in [0.15, 0.2) is 167 Å². The third-order valence-corrected chi connectivity index (χ3v) is 8.48. The molecule has 0 spiro atoms. The van der Waals surface area contributed by atoms with Gasteiger partial charge < -0.3 is 13.7 Å². The van der Waals surface area contributed by atoms with Crippen molar-refractivity contribution >= 4 is 60.9 Å². The monoisotopic (exact) mass is 578 g/mol. The average molecular weight is 579 g/mol. The van der Waals surface area contributed by atoms with Crippen molar-refractivity contribution in [2.75, 3.05) is 4.90 Å². The van der Waals surface area contributed by atoms with Crippen LogP contribution in [-0.4, -0.2) is 4.98 Å². The first-order valence-corrected chi connectivity index (χ1v) is 15.1. The van der Waals surface area contributed by atoms with Crippen molar-refractivity contribution in [3.63, 3.8) is 0 Å². The Kier molecular flexibility index (Phi) is 5.78. The molecule has 9 aromatic rings. The molecule has 0 atom stereocenters. The smallest absolute Gasteiger partial charge is 0.228 e. The second-order valence-corrected chi connectivity index (χ2v) is 11.2. The molecule has 7 aromatic carbocycles. The maximum absolute atomic E-state index is 6.72. The number of fused-ring (bicyclic) bond motifs is 6. The summed E-state index contributed by atoms with van der Waals surface area (Å²) in [5.74, 6) is 0.579. The maximum Gasteiger partial charge on any atom is 0.228 e. The van der Waals surface area contributed by atoms with E-state index in [0.29, 0.717) is 5.89 Å². The van der Waals surface area contributed by atoms with Crippen molar-refractivity contribution in [1.29, 1.82) is 0 Å². The Morgan fingerprint density at radius 2 is 1.20 bits per heavy atom. The minimum absolute atomic E-state index is 0.579. The highest BCUT2D eigenvalue weighted by Crippen LogP contribution is 2.45. The minimum atomic E-state index is 0.579. The van der Waals surface area contributed by atoms with Crippen molar-refractivity contribution in [2.45, 2.75) is 0 Å². The van der Waals surface area contributed by atoms with Crippen LogP contribution in [0.3, 0.4) is 0 Å². The zero-order chi connectivity index (χ0) is 29.7. The fourth-order valence-corrected chi connectivity index (χ4v) is 6.42. The Hall–Kier alpha value is -6.13. The Morgan fingerprint density at radius 1 is 0.489 bits per heavy atom. The lowest BCUT2D eigenvalue weighted by Gasteiger charge is -2.26. The molecule has 0 aliphatic heterocycles. The van der Waals surface area contributed by atoms with Crippen molar-refractivity contribution < 1.29 is 8.83 Å². The van der Waals surface area contributed by atoms with Gasteiger partial charge in [-0.05, 0) is 65.0 Å². The summed E-state index contributed by atoms with van der Waals surface area (Å²) in [5.41, 5.74) is 9.48. The molecule has 0 amide bonds. The van der Waals surface area contributed by atoms with E-state index in [-0.39, 0.29) is 0 Å². The Balaban J connectivity index is 1.26. The summed E-state index contributed by atoms with van der Waals surface area (Å²) >= 11 is 0. The van der Waals surface area contributed by atoms with Crippen LogP contribution >= 0.6 is 0 Å². The topological polar surface area (TPSA) is 42.4 Å². The largest absolute Gasteiger partial charge is 0.454 e. The summed E-state index contributed by atoms with van der Waals surface area (Å²) in [6, 6.07) is 54.3. The molecule has 0 saturated heterocycles. The number of aromatic nitrogens is 1. The van der Waals surface area contributed by atoms with Gasteiger partial charge in [0.1, 0.15) is 11.1 Å². The number of furan rings is 1. The van der Waals surface area contributed by atoms with Gasteiger partial charge in [0.2, 0.25) is 5.89 Å². The van der Waals surface area contributed by atoms with Gasteiger partial charge in [0.25, 0.3) is 0 Å². The zero-order valence-corrected chi connectivity index (χ0v) is 24.2. The predicted octanol–water partition coefficient (Wildman–Crippen LogP) is 11.7. The van der Waals surface area contributed by atoms with Gasteiger partial charge in [0.15, 0.2) is 11.2 Å². The Bertz CT molecular complexity index is 2490. The van der Waals surface area contributed by atoms with Crippen LogP contribution in [0.2, 0.25) is 0 Å². The van der Waals surface area contributed by atoms with E-state index >= 15 is 0 Å². The first-order chi connectivity index (χ1) is 22.3. The lowest BCUT2D eigenvalue weighted by molar-refractivity contribution is 0.620. The number of anilines is 3. The molecule has 4 heteroatoms. The first-order valence-electron chi connectivity index (χ1n) is 15.1. The summed E-state index contributed by atoms with van der Waals surface area (Å²) in [6.07, 6.45) is 0. The predicted molar refractivity (Wildman–Crippen MR) is 184 cm³/mol. The second-order valence-electron chi connectivity index (χ2n) is 11.2. The number of benzene rings is 7. The van der Waals surface area contributed by atoms with Gasteiger partial charge in [-0.25, -0.2) is 4.98 Å². The van der Waals surface area contributed by atoms with Crippen LogP contribution in [0.5, 0.6) is 0 Å². The Morgan fingerprint density at radius 3 is 2.09 bits per heavy atom. The van der Waals surface area contributed by atoms with E-state index in [1.807, 2.05) is 42.5 Å². The standard InChI is InChI=1S/C41H26N2O2/c1-3-12-27(13-4-1)29-15-9-18-31(26-29)43(30-16-5-2-6-17-30)35-22-10-20-33-38-34(21-11-23-36(38)44-40(33)35)41-42-39-32-19-8-7-14-28(32)24-25-37(39)45-41/h1-26H. The van der Waals surface area contributed by atoms with Crippen molar-refractivity contribution in [3.05, 3.63) is 158 Å². The zero-order valence-electron chi connectivity index (χ0n) is 24.2. The van der Waals surface area contributed by atoms with Crippen molar-refractivity contribution in [2.24, 2.45) is 0 Å². The summed E-state index contributed by atoms with van der Waals surface area (Å²) in [5, 5.41) is 4.20.